The number of benzene rings is 2. The molecule has 0 bridgehead atoms. The molecule has 1 saturated heterocycles. The molecule has 4 rings (SSSR count). The lowest BCUT2D eigenvalue weighted by molar-refractivity contribution is -0.140. The summed E-state index contributed by atoms with van der Waals surface area (Å²) in [6.07, 6.45) is 0.711. The van der Waals surface area contributed by atoms with Gasteiger partial charge >= 0.3 is 6.03 Å². The van der Waals surface area contributed by atoms with Crippen molar-refractivity contribution in [2.24, 2.45) is 0 Å². The number of anilines is 2. The van der Waals surface area contributed by atoms with Crippen LogP contribution < -0.4 is 20.3 Å². The van der Waals surface area contributed by atoms with E-state index in [9.17, 15) is 14.7 Å². The zero-order chi connectivity index (χ0) is 24.1. The number of fused-ring (bicyclic) bond motifs is 1. The van der Waals surface area contributed by atoms with E-state index in [0.29, 0.717) is 54.4 Å². The summed E-state index contributed by atoms with van der Waals surface area (Å²) in [5.74, 6) is -0.0412. The number of aliphatic hydroxyl groups is 1. The first-order chi connectivity index (χ1) is 16.4. The molecule has 9 nitrogen and oxygen atoms in total. The Bertz CT molecular complexity index is 1030. The molecule has 1 fully saturated rings. The fraction of sp³-hybridized carbons (Fsp3) is 0.417. The smallest absolute Gasteiger partial charge is 0.329 e. The van der Waals surface area contributed by atoms with Gasteiger partial charge in [-0.05, 0) is 62.4 Å². The van der Waals surface area contributed by atoms with Crippen molar-refractivity contribution in [3.8, 4) is 5.75 Å². The molecular weight excluding hydrogens is 504 g/mol. The van der Waals surface area contributed by atoms with Crippen molar-refractivity contribution in [2.45, 2.75) is 19.1 Å². The van der Waals surface area contributed by atoms with Gasteiger partial charge in [-0.3, -0.25) is 14.6 Å². The molecule has 182 valence electrons. The van der Waals surface area contributed by atoms with Crippen molar-refractivity contribution in [1.82, 2.24) is 10.2 Å². The van der Waals surface area contributed by atoms with Crippen LogP contribution in [0.3, 0.4) is 0 Å². The highest BCUT2D eigenvalue weighted by Gasteiger charge is 2.52. The highest BCUT2D eigenvalue weighted by atomic mass is 79.9. The Hall–Kier alpha value is -2.66. The average Bonchev–Trinajstić information content (AvgIpc) is 2.84. The molecule has 2 aliphatic heterocycles. The second kappa shape index (κ2) is 10.7. The number of nitrogens with one attached hydrogen (secondary N) is 2. The number of carbonyl (C=O) groups is 2. The van der Waals surface area contributed by atoms with Crippen molar-refractivity contribution < 1.29 is 24.2 Å². The molecule has 2 aromatic rings. The molecule has 2 heterocycles. The Balaban J connectivity index is 1.59. The van der Waals surface area contributed by atoms with Gasteiger partial charge in [0, 0.05) is 35.4 Å². The summed E-state index contributed by atoms with van der Waals surface area (Å²) in [4.78, 5) is 30.0. The van der Waals surface area contributed by atoms with E-state index in [1.807, 2.05) is 6.92 Å². The maximum atomic E-state index is 13.5. The van der Waals surface area contributed by atoms with E-state index >= 15 is 0 Å². The number of urea groups is 1. The summed E-state index contributed by atoms with van der Waals surface area (Å²) in [6.45, 7) is 6.71. The van der Waals surface area contributed by atoms with Gasteiger partial charge in [0.25, 0.3) is 11.6 Å². The molecule has 3 N–H and O–H groups in total. The largest absolute Gasteiger partial charge is 0.494 e. The van der Waals surface area contributed by atoms with Crippen LogP contribution in [-0.4, -0.2) is 67.9 Å². The third-order valence-corrected chi connectivity index (χ3v) is 6.38. The fourth-order valence-electron chi connectivity index (χ4n) is 4.19. The minimum atomic E-state index is -2.24. The van der Waals surface area contributed by atoms with E-state index in [2.05, 4.69) is 31.5 Å². The lowest BCUT2D eigenvalue weighted by Gasteiger charge is -2.42. The van der Waals surface area contributed by atoms with Crippen LogP contribution in [-0.2, 0) is 15.3 Å². The molecule has 0 radical (unpaired) electrons. The van der Waals surface area contributed by atoms with Gasteiger partial charge in [-0.15, -0.1) is 0 Å². The molecular formula is C24H29BrN4O5. The standard InChI is InChI=1S/C24H29BrN4O5/c1-2-34-19-7-5-18(6-8-19)29-23(31)27-21-9-4-17(25)16-20(21)24(29,32)22(30)26-10-3-11-28-12-14-33-15-13-28/h4-9,16,32H,2-3,10-15H2,1H3,(H,26,30)(H,27,31)/t24-/m1/s1. The molecule has 34 heavy (non-hydrogen) atoms. The van der Waals surface area contributed by atoms with Crippen LogP contribution in [0.15, 0.2) is 46.9 Å². The number of ether oxygens (including phenoxy) is 2. The number of carbonyl (C=O) groups excluding carboxylic acids is 2. The highest BCUT2D eigenvalue weighted by molar-refractivity contribution is 9.10. The predicted molar refractivity (Wildman–Crippen MR) is 132 cm³/mol. The third kappa shape index (κ3) is 5.05. The Morgan fingerprint density at radius 3 is 2.68 bits per heavy atom. The number of hydrogen-bond donors (Lipinski definition) is 3. The van der Waals surface area contributed by atoms with Crippen LogP contribution in [0.25, 0.3) is 0 Å². The first-order valence-electron chi connectivity index (χ1n) is 11.4. The molecule has 2 aliphatic rings. The first-order valence-corrected chi connectivity index (χ1v) is 12.2. The number of amides is 3. The zero-order valence-corrected chi connectivity index (χ0v) is 20.6. The minimum Gasteiger partial charge on any atom is -0.494 e. The van der Waals surface area contributed by atoms with Gasteiger partial charge in [-0.2, -0.15) is 0 Å². The van der Waals surface area contributed by atoms with Gasteiger partial charge < -0.3 is 25.2 Å². The Kier molecular flexibility index (Phi) is 7.72. The summed E-state index contributed by atoms with van der Waals surface area (Å²) in [6, 6.07) is 11.1. The van der Waals surface area contributed by atoms with Gasteiger partial charge in [0.15, 0.2) is 0 Å². The van der Waals surface area contributed by atoms with Crippen molar-refractivity contribution in [3.63, 3.8) is 0 Å². The molecule has 1 atom stereocenters. The van der Waals surface area contributed by atoms with E-state index in [0.717, 1.165) is 24.5 Å². The summed E-state index contributed by atoms with van der Waals surface area (Å²) >= 11 is 3.41. The van der Waals surface area contributed by atoms with Crippen LogP contribution >= 0.6 is 15.9 Å². The SMILES string of the molecule is CCOc1ccc(N2C(=O)Nc3ccc(Br)cc3[C@@]2(O)C(=O)NCCCN2CCOCC2)cc1. The number of hydrogen-bond acceptors (Lipinski definition) is 6. The molecule has 0 aromatic heterocycles. The second-order valence-electron chi connectivity index (χ2n) is 8.12. The van der Waals surface area contributed by atoms with Gasteiger partial charge in [0.1, 0.15) is 5.75 Å². The lowest BCUT2D eigenvalue weighted by atomic mass is 9.94. The van der Waals surface area contributed by atoms with Gasteiger partial charge in [-0.25, -0.2) is 4.79 Å². The number of rotatable bonds is 8. The molecule has 0 unspecified atom stereocenters. The quantitative estimate of drug-likeness (QED) is 0.451. The molecule has 0 saturated carbocycles. The lowest BCUT2D eigenvalue weighted by Crippen LogP contribution is -2.62. The number of morpholine rings is 1. The Labute approximate surface area is 207 Å². The first kappa shape index (κ1) is 24.5. The second-order valence-corrected chi connectivity index (χ2v) is 9.03. The topological polar surface area (TPSA) is 103 Å². The Morgan fingerprint density at radius 1 is 1.24 bits per heavy atom. The van der Waals surface area contributed by atoms with Crippen LogP contribution in [0.2, 0.25) is 0 Å². The number of halogens is 1. The van der Waals surface area contributed by atoms with Crippen LogP contribution in [0, 0.1) is 0 Å². The normalized spacial score (nSPS) is 20.4. The van der Waals surface area contributed by atoms with Crippen molar-refractivity contribution in [3.05, 3.63) is 52.5 Å². The molecule has 3 amide bonds. The molecule has 0 spiro atoms. The summed E-state index contributed by atoms with van der Waals surface area (Å²) in [5, 5.41) is 17.5. The van der Waals surface area contributed by atoms with E-state index in [4.69, 9.17) is 9.47 Å². The van der Waals surface area contributed by atoms with Crippen LogP contribution in [0.4, 0.5) is 16.2 Å². The van der Waals surface area contributed by atoms with Crippen molar-refractivity contribution in [1.29, 1.82) is 0 Å². The maximum absolute atomic E-state index is 13.5. The van der Waals surface area contributed by atoms with E-state index < -0.39 is 17.7 Å². The maximum Gasteiger partial charge on any atom is 0.329 e. The van der Waals surface area contributed by atoms with Gasteiger partial charge in [0.05, 0.1) is 25.5 Å². The molecule has 10 heteroatoms. The minimum absolute atomic E-state index is 0.279. The Morgan fingerprint density at radius 2 is 1.97 bits per heavy atom. The predicted octanol–water partition coefficient (Wildman–Crippen LogP) is 2.88. The van der Waals surface area contributed by atoms with E-state index in [1.165, 1.54) is 0 Å². The van der Waals surface area contributed by atoms with E-state index in [1.54, 1.807) is 42.5 Å². The molecule has 0 aliphatic carbocycles. The monoisotopic (exact) mass is 532 g/mol. The fourth-order valence-corrected chi connectivity index (χ4v) is 4.55. The number of nitrogens with zero attached hydrogens (tertiary/aromatic N) is 2. The third-order valence-electron chi connectivity index (χ3n) is 5.89. The van der Waals surface area contributed by atoms with E-state index in [-0.39, 0.29) is 5.56 Å². The molecule has 2 aromatic carbocycles. The average molecular weight is 533 g/mol. The summed E-state index contributed by atoms with van der Waals surface area (Å²) in [5.41, 5.74) is -1.23. The van der Waals surface area contributed by atoms with Crippen LogP contribution in [0.1, 0.15) is 18.9 Å². The summed E-state index contributed by atoms with van der Waals surface area (Å²) < 4.78 is 11.5. The van der Waals surface area contributed by atoms with Crippen molar-refractivity contribution in [2.75, 3.05) is 56.2 Å². The van der Waals surface area contributed by atoms with Crippen LogP contribution in [0.5, 0.6) is 5.75 Å². The van der Waals surface area contributed by atoms with Gasteiger partial charge in [-0.1, -0.05) is 15.9 Å². The zero-order valence-electron chi connectivity index (χ0n) is 19.1. The van der Waals surface area contributed by atoms with Gasteiger partial charge in [0.2, 0.25) is 0 Å². The summed E-state index contributed by atoms with van der Waals surface area (Å²) in [7, 11) is 0. The highest BCUT2D eigenvalue weighted by Crippen LogP contribution is 2.41. The van der Waals surface area contributed by atoms with Crippen molar-refractivity contribution >= 4 is 39.2 Å².